The van der Waals surface area contributed by atoms with Crippen LogP contribution in [0.3, 0.4) is 0 Å². The van der Waals surface area contributed by atoms with Gasteiger partial charge in [0.25, 0.3) is 0 Å². The quantitative estimate of drug-likeness (QED) is 0.845. The lowest BCUT2D eigenvalue weighted by Gasteiger charge is -2.09. The van der Waals surface area contributed by atoms with Gasteiger partial charge >= 0.3 is 0 Å². The third kappa shape index (κ3) is 2.21. The fourth-order valence-electron chi connectivity index (χ4n) is 2.37. The van der Waals surface area contributed by atoms with Crippen molar-refractivity contribution in [3.8, 4) is 11.3 Å². The third-order valence-electron chi connectivity index (χ3n) is 3.84. The molecule has 96 valence electrons. The van der Waals surface area contributed by atoms with Crippen LogP contribution in [0.25, 0.3) is 11.3 Å². The van der Waals surface area contributed by atoms with Crippen molar-refractivity contribution in [1.82, 2.24) is 10.3 Å². The minimum absolute atomic E-state index is 0.909. The molecule has 0 saturated heterocycles. The fraction of sp³-hybridized carbons (Fsp3) is 0.375. The van der Waals surface area contributed by atoms with E-state index >= 15 is 0 Å². The van der Waals surface area contributed by atoms with E-state index < -0.39 is 0 Å². The van der Waals surface area contributed by atoms with Crippen LogP contribution in [0.2, 0.25) is 0 Å². The molecule has 18 heavy (non-hydrogen) atoms. The number of hydrogen-bond acceptors (Lipinski definition) is 1. The minimum Gasteiger partial charge on any atom is -0.358 e. The Labute approximate surface area is 109 Å². The van der Waals surface area contributed by atoms with Gasteiger partial charge in [0.15, 0.2) is 0 Å². The van der Waals surface area contributed by atoms with E-state index in [1.165, 1.54) is 39.2 Å². The summed E-state index contributed by atoms with van der Waals surface area (Å²) >= 11 is 0. The Bertz CT molecular complexity index is 565. The van der Waals surface area contributed by atoms with Gasteiger partial charge in [0, 0.05) is 23.5 Å². The van der Waals surface area contributed by atoms with Crippen molar-refractivity contribution < 1.29 is 0 Å². The highest BCUT2D eigenvalue weighted by molar-refractivity contribution is 5.67. The van der Waals surface area contributed by atoms with Crippen LogP contribution in [0.5, 0.6) is 0 Å². The average Bonchev–Trinajstić information content (AvgIpc) is 2.68. The molecule has 0 fully saturated rings. The molecule has 2 rings (SSSR count). The van der Waals surface area contributed by atoms with Gasteiger partial charge in [0.05, 0.1) is 0 Å². The van der Waals surface area contributed by atoms with Crippen LogP contribution in [-0.2, 0) is 6.54 Å². The number of H-pyrrole nitrogens is 1. The second kappa shape index (κ2) is 4.99. The van der Waals surface area contributed by atoms with Gasteiger partial charge in [-0.05, 0) is 63.1 Å². The summed E-state index contributed by atoms with van der Waals surface area (Å²) in [4.78, 5) is 3.49. The molecule has 0 aliphatic carbocycles. The smallest absolute Gasteiger partial charge is 0.0462 e. The Balaban J connectivity index is 2.49. The highest BCUT2D eigenvalue weighted by atomic mass is 14.8. The van der Waals surface area contributed by atoms with Crippen molar-refractivity contribution in [2.45, 2.75) is 34.2 Å². The molecule has 1 heterocycles. The number of hydrogen-bond donors (Lipinski definition) is 2. The van der Waals surface area contributed by atoms with Gasteiger partial charge in [-0.15, -0.1) is 0 Å². The molecule has 1 aromatic heterocycles. The van der Waals surface area contributed by atoms with Crippen LogP contribution in [0.1, 0.15) is 27.9 Å². The van der Waals surface area contributed by atoms with E-state index in [1.807, 2.05) is 7.05 Å². The monoisotopic (exact) mass is 242 g/mol. The average molecular weight is 242 g/mol. The zero-order chi connectivity index (χ0) is 13.3. The number of nitrogens with one attached hydrogen (secondary N) is 2. The lowest BCUT2D eigenvalue weighted by molar-refractivity contribution is 0.812. The van der Waals surface area contributed by atoms with E-state index in [1.54, 1.807) is 0 Å². The maximum absolute atomic E-state index is 3.49. The second-order valence-corrected chi connectivity index (χ2v) is 5.04. The molecule has 0 atom stereocenters. The van der Waals surface area contributed by atoms with Crippen LogP contribution in [0.15, 0.2) is 18.2 Å². The van der Waals surface area contributed by atoms with Crippen molar-refractivity contribution in [3.63, 3.8) is 0 Å². The summed E-state index contributed by atoms with van der Waals surface area (Å²) in [6.07, 6.45) is 0. The standard InChI is InChI=1S/C16H22N2/c1-10-6-7-15(12(3)11(10)2)16-8-14(9-17-5)13(4)18-16/h6-8,17-18H,9H2,1-5H3. The molecule has 0 spiro atoms. The molecule has 0 radical (unpaired) electrons. The lowest BCUT2D eigenvalue weighted by atomic mass is 9.97. The van der Waals surface area contributed by atoms with Crippen LogP contribution in [-0.4, -0.2) is 12.0 Å². The molecule has 0 aliphatic rings. The second-order valence-electron chi connectivity index (χ2n) is 5.04. The van der Waals surface area contributed by atoms with Crippen LogP contribution >= 0.6 is 0 Å². The van der Waals surface area contributed by atoms with Crippen LogP contribution in [0, 0.1) is 27.7 Å². The van der Waals surface area contributed by atoms with Gasteiger partial charge < -0.3 is 10.3 Å². The van der Waals surface area contributed by atoms with E-state index in [-0.39, 0.29) is 0 Å². The predicted molar refractivity (Wildman–Crippen MR) is 77.9 cm³/mol. The molecule has 0 unspecified atom stereocenters. The zero-order valence-corrected chi connectivity index (χ0v) is 11.9. The molecule has 0 bridgehead atoms. The number of benzene rings is 1. The molecule has 1 aromatic carbocycles. The first kappa shape index (κ1) is 12.9. The Hall–Kier alpha value is -1.54. The Morgan fingerprint density at radius 1 is 1.06 bits per heavy atom. The first-order valence-electron chi connectivity index (χ1n) is 6.45. The van der Waals surface area contributed by atoms with Crippen LogP contribution < -0.4 is 5.32 Å². The SMILES string of the molecule is CNCc1cc(-c2ccc(C)c(C)c2C)[nH]c1C. The van der Waals surface area contributed by atoms with E-state index in [0.717, 1.165) is 6.54 Å². The molecule has 0 aliphatic heterocycles. The van der Waals surface area contributed by atoms with Crippen molar-refractivity contribution >= 4 is 0 Å². The molecular formula is C16H22N2. The van der Waals surface area contributed by atoms with Crippen molar-refractivity contribution in [3.05, 3.63) is 46.1 Å². The summed E-state index contributed by atoms with van der Waals surface area (Å²) in [6.45, 7) is 9.60. The summed E-state index contributed by atoms with van der Waals surface area (Å²) in [7, 11) is 1.98. The third-order valence-corrected chi connectivity index (χ3v) is 3.84. The first-order chi connectivity index (χ1) is 8.54. The number of aromatic amines is 1. The molecule has 2 N–H and O–H groups in total. The maximum Gasteiger partial charge on any atom is 0.0462 e. The Kier molecular flexibility index (Phi) is 3.58. The van der Waals surface area contributed by atoms with Gasteiger partial charge in [-0.1, -0.05) is 12.1 Å². The summed E-state index contributed by atoms with van der Waals surface area (Å²) in [5, 5.41) is 3.20. The summed E-state index contributed by atoms with van der Waals surface area (Å²) in [5.41, 5.74) is 9.22. The Morgan fingerprint density at radius 2 is 1.78 bits per heavy atom. The van der Waals surface area contributed by atoms with Crippen molar-refractivity contribution in [2.24, 2.45) is 0 Å². The van der Waals surface area contributed by atoms with Gasteiger partial charge in [-0.2, -0.15) is 0 Å². The fourth-order valence-corrected chi connectivity index (χ4v) is 2.37. The number of rotatable bonds is 3. The molecule has 2 nitrogen and oxygen atoms in total. The van der Waals surface area contributed by atoms with Gasteiger partial charge in [-0.25, -0.2) is 0 Å². The highest BCUT2D eigenvalue weighted by Gasteiger charge is 2.10. The maximum atomic E-state index is 3.49. The van der Waals surface area contributed by atoms with Gasteiger partial charge in [0.2, 0.25) is 0 Å². The predicted octanol–water partition coefficient (Wildman–Crippen LogP) is 3.63. The highest BCUT2D eigenvalue weighted by Crippen LogP contribution is 2.28. The summed E-state index contributed by atoms with van der Waals surface area (Å²) < 4.78 is 0. The minimum atomic E-state index is 0.909. The Morgan fingerprint density at radius 3 is 2.44 bits per heavy atom. The van der Waals surface area contributed by atoms with E-state index in [4.69, 9.17) is 0 Å². The van der Waals surface area contributed by atoms with Crippen LogP contribution in [0.4, 0.5) is 0 Å². The number of aromatic nitrogens is 1. The largest absolute Gasteiger partial charge is 0.358 e. The topological polar surface area (TPSA) is 27.8 Å². The summed E-state index contributed by atoms with van der Waals surface area (Å²) in [6, 6.07) is 6.67. The lowest BCUT2D eigenvalue weighted by Crippen LogP contribution is -2.04. The first-order valence-corrected chi connectivity index (χ1v) is 6.45. The van der Waals surface area contributed by atoms with E-state index in [0.29, 0.717) is 0 Å². The molecule has 0 saturated carbocycles. The molecule has 0 amide bonds. The van der Waals surface area contributed by atoms with E-state index in [9.17, 15) is 0 Å². The summed E-state index contributed by atoms with van der Waals surface area (Å²) in [5.74, 6) is 0. The molecule has 2 aromatic rings. The van der Waals surface area contributed by atoms with Crippen molar-refractivity contribution in [1.29, 1.82) is 0 Å². The van der Waals surface area contributed by atoms with E-state index in [2.05, 4.69) is 56.2 Å². The zero-order valence-electron chi connectivity index (χ0n) is 11.9. The van der Waals surface area contributed by atoms with Crippen molar-refractivity contribution in [2.75, 3.05) is 7.05 Å². The van der Waals surface area contributed by atoms with Gasteiger partial charge in [0.1, 0.15) is 0 Å². The molecular weight excluding hydrogens is 220 g/mol. The molecule has 2 heteroatoms. The normalized spacial score (nSPS) is 10.9. The van der Waals surface area contributed by atoms with Gasteiger partial charge in [-0.3, -0.25) is 0 Å². The number of aryl methyl sites for hydroxylation is 2.